The molecule has 2 atom stereocenters. The van der Waals surface area contributed by atoms with Crippen LogP contribution in [0.2, 0.25) is 0 Å². The fourth-order valence-corrected chi connectivity index (χ4v) is 2.83. The maximum Gasteiger partial charge on any atom is 0.318 e. The Morgan fingerprint density at radius 3 is 2.88 bits per heavy atom. The number of nitrogens with zero attached hydrogens (tertiary/aromatic N) is 1. The van der Waals surface area contributed by atoms with Gasteiger partial charge >= 0.3 is 6.03 Å². The average molecular weight is 240 g/mol. The number of nitrogens with two attached hydrogens (primary N) is 1. The lowest BCUT2D eigenvalue weighted by Crippen LogP contribution is -2.49. The van der Waals surface area contributed by atoms with Gasteiger partial charge in [-0.3, -0.25) is 10.1 Å². The first-order valence-corrected chi connectivity index (χ1v) is 6.22. The van der Waals surface area contributed by atoms with Gasteiger partial charge in [0.15, 0.2) is 0 Å². The van der Waals surface area contributed by atoms with Crippen LogP contribution in [0.25, 0.3) is 0 Å². The molecule has 6 heteroatoms. The molecule has 2 fully saturated rings. The SMILES string of the molecule is NC(=O)NC(=O)CNC1CCN2CCCC2C1. The second-order valence-electron chi connectivity index (χ2n) is 4.85. The quantitative estimate of drug-likeness (QED) is 0.614. The van der Waals surface area contributed by atoms with Crippen LogP contribution in [0.4, 0.5) is 4.79 Å². The average Bonchev–Trinajstić information content (AvgIpc) is 2.72. The van der Waals surface area contributed by atoms with Crippen molar-refractivity contribution in [2.24, 2.45) is 5.73 Å². The van der Waals surface area contributed by atoms with Gasteiger partial charge in [0.25, 0.3) is 0 Å². The standard InChI is InChI=1S/C11H20N4O2/c12-11(17)14-10(16)7-13-8-3-5-15-4-1-2-9(15)6-8/h8-9,13H,1-7H2,(H3,12,14,16,17). The first-order valence-electron chi connectivity index (χ1n) is 6.22. The molecule has 6 nitrogen and oxygen atoms in total. The van der Waals surface area contributed by atoms with E-state index in [4.69, 9.17) is 5.73 Å². The number of piperidine rings is 1. The smallest absolute Gasteiger partial charge is 0.318 e. The van der Waals surface area contributed by atoms with Crippen molar-refractivity contribution in [3.05, 3.63) is 0 Å². The number of carbonyl (C=O) groups is 2. The molecular formula is C11H20N4O2. The highest BCUT2D eigenvalue weighted by Crippen LogP contribution is 2.26. The molecule has 4 N–H and O–H groups in total. The van der Waals surface area contributed by atoms with Crippen LogP contribution in [0, 0.1) is 0 Å². The third-order valence-corrected chi connectivity index (χ3v) is 3.63. The number of rotatable bonds is 3. The first-order chi connectivity index (χ1) is 8.15. The molecule has 96 valence electrons. The highest BCUT2D eigenvalue weighted by Gasteiger charge is 2.31. The monoisotopic (exact) mass is 240 g/mol. The molecule has 0 aromatic heterocycles. The number of hydrogen-bond acceptors (Lipinski definition) is 4. The van der Waals surface area contributed by atoms with E-state index in [0.717, 1.165) is 19.4 Å². The summed E-state index contributed by atoms with van der Waals surface area (Å²) in [4.78, 5) is 24.2. The van der Waals surface area contributed by atoms with E-state index in [0.29, 0.717) is 12.1 Å². The molecule has 2 rings (SSSR count). The predicted octanol–water partition coefficient (Wildman–Crippen LogP) is -0.602. The summed E-state index contributed by atoms with van der Waals surface area (Å²) < 4.78 is 0. The second kappa shape index (κ2) is 5.46. The van der Waals surface area contributed by atoms with E-state index in [9.17, 15) is 9.59 Å². The fourth-order valence-electron chi connectivity index (χ4n) is 2.83. The van der Waals surface area contributed by atoms with Gasteiger partial charge in [-0.2, -0.15) is 0 Å². The van der Waals surface area contributed by atoms with Crippen LogP contribution in [-0.4, -0.2) is 48.6 Å². The minimum atomic E-state index is -0.789. The highest BCUT2D eigenvalue weighted by atomic mass is 16.2. The maximum atomic E-state index is 11.2. The maximum absolute atomic E-state index is 11.2. The fraction of sp³-hybridized carbons (Fsp3) is 0.818. The Morgan fingerprint density at radius 2 is 2.12 bits per heavy atom. The molecule has 17 heavy (non-hydrogen) atoms. The summed E-state index contributed by atoms with van der Waals surface area (Å²) in [5.74, 6) is -0.355. The normalized spacial score (nSPS) is 28.7. The van der Waals surface area contributed by atoms with Gasteiger partial charge in [0.05, 0.1) is 6.54 Å². The van der Waals surface area contributed by atoms with Crippen molar-refractivity contribution < 1.29 is 9.59 Å². The van der Waals surface area contributed by atoms with Gasteiger partial charge in [-0.15, -0.1) is 0 Å². The van der Waals surface area contributed by atoms with Crippen LogP contribution in [0.1, 0.15) is 25.7 Å². The molecule has 2 unspecified atom stereocenters. The van der Waals surface area contributed by atoms with Crippen molar-refractivity contribution in [1.29, 1.82) is 0 Å². The molecule has 0 aromatic rings. The Hall–Kier alpha value is -1.14. The number of fused-ring (bicyclic) bond motifs is 1. The molecule has 0 aromatic carbocycles. The Balaban J connectivity index is 1.69. The van der Waals surface area contributed by atoms with Crippen LogP contribution in [0.5, 0.6) is 0 Å². The minimum Gasteiger partial charge on any atom is -0.351 e. The zero-order valence-electron chi connectivity index (χ0n) is 9.95. The van der Waals surface area contributed by atoms with Crippen molar-refractivity contribution in [1.82, 2.24) is 15.5 Å². The minimum absolute atomic E-state index is 0.167. The third kappa shape index (κ3) is 3.41. The van der Waals surface area contributed by atoms with Crippen molar-refractivity contribution in [2.45, 2.75) is 37.8 Å². The highest BCUT2D eigenvalue weighted by molar-refractivity contribution is 5.94. The summed E-state index contributed by atoms with van der Waals surface area (Å²) >= 11 is 0. The molecule has 0 aliphatic carbocycles. The number of hydrogen-bond donors (Lipinski definition) is 3. The summed E-state index contributed by atoms with van der Waals surface area (Å²) in [5, 5.41) is 5.25. The van der Waals surface area contributed by atoms with Crippen molar-refractivity contribution in [3.63, 3.8) is 0 Å². The zero-order chi connectivity index (χ0) is 12.3. The van der Waals surface area contributed by atoms with Gasteiger partial charge in [0.1, 0.15) is 0 Å². The van der Waals surface area contributed by atoms with Gasteiger partial charge in [-0.1, -0.05) is 0 Å². The van der Waals surface area contributed by atoms with Gasteiger partial charge in [-0.25, -0.2) is 4.79 Å². The van der Waals surface area contributed by atoms with Gasteiger partial charge in [0.2, 0.25) is 5.91 Å². The largest absolute Gasteiger partial charge is 0.351 e. The topological polar surface area (TPSA) is 87.5 Å². The zero-order valence-corrected chi connectivity index (χ0v) is 9.95. The lowest BCUT2D eigenvalue weighted by Gasteiger charge is -2.35. The summed E-state index contributed by atoms with van der Waals surface area (Å²) in [6.07, 6.45) is 4.73. The Labute approximate surface area is 101 Å². The second-order valence-corrected chi connectivity index (χ2v) is 4.85. The summed E-state index contributed by atoms with van der Waals surface area (Å²) in [5.41, 5.74) is 4.87. The number of urea groups is 1. The molecule has 2 aliphatic heterocycles. The van der Waals surface area contributed by atoms with Gasteiger partial charge < -0.3 is 16.0 Å². The molecule has 2 saturated heterocycles. The lowest BCUT2D eigenvalue weighted by molar-refractivity contribution is -0.119. The van der Waals surface area contributed by atoms with Crippen molar-refractivity contribution >= 4 is 11.9 Å². The van der Waals surface area contributed by atoms with Crippen LogP contribution in [0.3, 0.4) is 0 Å². The van der Waals surface area contributed by atoms with Crippen molar-refractivity contribution in [3.8, 4) is 0 Å². The van der Waals surface area contributed by atoms with Crippen LogP contribution >= 0.6 is 0 Å². The Morgan fingerprint density at radius 1 is 1.29 bits per heavy atom. The van der Waals surface area contributed by atoms with E-state index in [1.807, 2.05) is 0 Å². The number of carbonyl (C=O) groups excluding carboxylic acids is 2. The van der Waals surface area contributed by atoms with Gasteiger partial charge in [-0.05, 0) is 38.8 Å². The van der Waals surface area contributed by atoms with Gasteiger partial charge in [0, 0.05) is 12.1 Å². The Kier molecular flexibility index (Phi) is 3.96. The Bertz CT molecular complexity index is 308. The molecular weight excluding hydrogens is 220 g/mol. The van der Waals surface area contributed by atoms with Crippen LogP contribution in [-0.2, 0) is 4.79 Å². The first kappa shape index (κ1) is 12.3. The third-order valence-electron chi connectivity index (χ3n) is 3.63. The number of nitrogens with one attached hydrogen (secondary N) is 2. The summed E-state index contributed by atoms with van der Waals surface area (Å²) in [6, 6.07) is 0.274. The summed E-state index contributed by atoms with van der Waals surface area (Å²) in [6.45, 7) is 2.50. The van der Waals surface area contributed by atoms with E-state index in [-0.39, 0.29) is 12.5 Å². The van der Waals surface area contributed by atoms with Crippen molar-refractivity contribution in [2.75, 3.05) is 19.6 Å². The molecule has 0 saturated carbocycles. The summed E-state index contributed by atoms with van der Waals surface area (Å²) in [7, 11) is 0. The van der Waals surface area contributed by atoms with E-state index in [1.165, 1.54) is 19.4 Å². The number of amides is 3. The predicted molar refractivity (Wildman–Crippen MR) is 63.3 cm³/mol. The molecule has 2 heterocycles. The van der Waals surface area contributed by atoms with E-state index >= 15 is 0 Å². The van der Waals surface area contributed by atoms with Crippen LogP contribution < -0.4 is 16.4 Å². The van der Waals surface area contributed by atoms with E-state index in [1.54, 1.807) is 0 Å². The van der Waals surface area contributed by atoms with Crippen LogP contribution in [0.15, 0.2) is 0 Å². The lowest BCUT2D eigenvalue weighted by atomic mass is 9.97. The van der Waals surface area contributed by atoms with E-state index < -0.39 is 6.03 Å². The molecule has 3 amide bonds. The molecule has 0 radical (unpaired) electrons. The molecule has 2 aliphatic rings. The number of primary amides is 1. The van der Waals surface area contributed by atoms with E-state index in [2.05, 4.69) is 15.5 Å². The molecule has 0 bridgehead atoms. The molecule has 0 spiro atoms. The number of imide groups is 1.